The molecule has 5 nitrogen and oxygen atoms in total. The van der Waals surface area contributed by atoms with Gasteiger partial charge in [0.15, 0.2) is 6.61 Å². The van der Waals surface area contributed by atoms with Gasteiger partial charge in [0.25, 0.3) is 5.91 Å². The Hall–Kier alpha value is -1.30. The van der Waals surface area contributed by atoms with Gasteiger partial charge in [0, 0.05) is 5.02 Å². The highest BCUT2D eigenvalue weighted by Gasteiger charge is 2.13. The van der Waals surface area contributed by atoms with E-state index in [4.69, 9.17) is 21.1 Å². The van der Waals surface area contributed by atoms with E-state index in [1.165, 1.54) is 4.90 Å². The SMILES string of the molecule is Cc1cc(OCC(=O)NCC[NH+]2CCOCC2)cc(C)c1Cl. The highest BCUT2D eigenvalue weighted by atomic mass is 35.5. The van der Waals surface area contributed by atoms with Gasteiger partial charge in [-0.2, -0.15) is 0 Å². The average molecular weight is 328 g/mol. The summed E-state index contributed by atoms with van der Waals surface area (Å²) in [7, 11) is 0. The van der Waals surface area contributed by atoms with Crippen LogP contribution in [0.3, 0.4) is 0 Å². The molecule has 0 saturated carbocycles. The number of quaternary nitrogens is 1. The van der Waals surface area contributed by atoms with Crippen molar-refractivity contribution < 1.29 is 19.2 Å². The number of hydrogen-bond acceptors (Lipinski definition) is 3. The quantitative estimate of drug-likeness (QED) is 0.793. The third kappa shape index (κ3) is 5.16. The number of halogens is 1. The Morgan fingerprint density at radius 1 is 1.32 bits per heavy atom. The van der Waals surface area contributed by atoms with Crippen LogP contribution in [-0.2, 0) is 9.53 Å². The molecule has 1 fully saturated rings. The van der Waals surface area contributed by atoms with Gasteiger partial charge >= 0.3 is 0 Å². The maximum atomic E-state index is 11.8. The van der Waals surface area contributed by atoms with Gasteiger partial charge in [-0.15, -0.1) is 0 Å². The van der Waals surface area contributed by atoms with Crippen LogP contribution >= 0.6 is 11.6 Å². The predicted octanol–water partition coefficient (Wildman–Crippen LogP) is 0.367. The van der Waals surface area contributed by atoms with Crippen molar-refractivity contribution in [3.8, 4) is 5.75 Å². The molecule has 0 aliphatic carbocycles. The predicted molar refractivity (Wildman–Crippen MR) is 85.8 cm³/mol. The molecule has 2 N–H and O–H groups in total. The molecule has 122 valence electrons. The zero-order chi connectivity index (χ0) is 15.9. The maximum absolute atomic E-state index is 11.8. The summed E-state index contributed by atoms with van der Waals surface area (Å²) in [6.07, 6.45) is 0. The number of rotatable bonds is 6. The number of carbonyl (C=O) groups is 1. The molecule has 1 aliphatic heterocycles. The molecule has 6 heteroatoms. The average Bonchev–Trinajstić information content (AvgIpc) is 2.51. The molecule has 0 atom stereocenters. The molecule has 1 aliphatic rings. The van der Waals surface area contributed by atoms with Crippen LogP contribution in [0.1, 0.15) is 11.1 Å². The lowest BCUT2D eigenvalue weighted by molar-refractivity contribution is -0.906. The molecule has 1 heterocycles. The number of morpholine rings is 1. The number of hydrogen-bond donors (Lipinski definition) is 2. The first-order valence-electron chi connectivity index (χ1n) is 7.64. The van der Waals surface area contributed by atoms with E-state index in [0.29, 0.717) is 12.3 Å². The molecule has 0 aromatic heterocycles. The third-order valence-electron chi connectivity index (χ3n) is 3.78. The van der Waals surface area contributed by atoms with Gasteiger partial charge in [-0.05, 0) is 37.1 Å². The molecule has 1 aromatic carbocycles. The maximum Gasteiger partial charge on any atom is 0.258 e. The van der Waals surface area contributed by atoms with E-state index >= 15 is 0 Å². The van der Waals surface area contributed by atoms with Crippen LogP contribution in [0, 0.1) is 13.8 Å². The Morgan fingerprint density at radius 3 is 2.59 bits per heavy atom. The second kappa shape index (κ2) is 8.36. The lowest BCUT2D eigenvalue weighted by Gasteiger charge is -2.23. The molecule has 0 unspecified atom stereocenters. The van der Waals surface area contributed by atoms with Gasteiger partial charge in [0.2, 0.25) is 0 Å². The summed E-state index contributed by atoms with van der Waals surface area (Å²) in [5, 5.41) is 3.63. The summed E-state index contributed by atoms with van der Waals surface area (Å²) in [6.45, 7) is 9.10. The van der Waals surface area contributed by atoms with E-state index in [1.807, 2.05) is 26.0 Å². The molecule has 22 heavy (non-hydrogen) atoms. The van der Waals surface area contributed by atoms with Gasteiger partial charge in [-0.1, -0.05) is 11.6 Å². The van der Waals surface area contributed by atoms with Crippen molar-refractivity contribution in [2.45, 2.75) is 13.8 Å². The van der Waals surface area contributed by atoms with E-state index < -0.39 is 0 Å². The molecule has 1 aromatic rings. The third-order valence-corrected chi connectivity index (χ3v) is 4.38. The van der Waals surface area contributed by atoms with Gasteiger partial charge in [0.1, 0.15) is 18.8 Å². The Balaban J connectivity index is 1.69. The van der Waals surface area contributed by atoms with E-state index in [9.17, 15) is 4.79 Å². The number of nitrogens with one attached hydrogen (secondary N) is 2. The van der Waals surface area contributed by atoms with Crippen molar-refractivity contribution in [1.82, 2.24) is 5.32 Å². The van der Waals surface area contributed by atoms with Gasteiger partial charge in [-0.25, -0.2) is 0 Å². The number of amides is 1. The molecule has 0 radical (unpaired) electrons. The summed E-state index contributed by atoms with van der Waals surface area (Å²) in [4.78, 5) is 13.3. The summed E-state index contributed by atoms with van der Waals surface area (Å²) >= 11 is 6.11. The monoisotopic (exact) mass is 327 g/mol. The van der Waals surface area contributed by atoms with E-state index in [0.717, 1.165) is 49.0 Å². The first-order chi connectivity index (χ1) is 10.6. The van der Waals surface area contributed by atoms with Gasteiger partial charge in [0.05, 0.1) is 26.3 Å². The van der Waals surface area contributed by atoms with Crippen LogP contribution in [0.25, 0.3) is 0 Å². The smallest absolute Gasteiger partial charge is 0.258 e. The van der Waals surface area contributed by atoms with Crippen LogP contribution in [0.4, 0.5) is 0 Å². The Kier molecular flexibility index (Phi) is 6.49. The number of ether oxygens (including phenoxy) is 2. The lowest BCUT2D eigenvalue weighted by Crippen LogP contribution is -3.14. The normalized spacial score (nSPS) is 15.6. The second-order valence-electron chi connectivity index (χ2n) is 5.62. The van der Waals surface area contributed by atoms with Crippen LogP contribution in [-0.4, -0.2) is 51.9 Å². The summed E-state index contributed by atoms with van der Waals surface area (Å²) in [6, 6.07) is 3.70. The molecular weight excluding hydrogens is 304 g/mol. The Bertz CT molecular complexity index is 493. The van der Waals surface area contributed by atoms with Gasteiger partial charge in [-0.3, -0.25) is 4.79 Å². The first kappa shape index (κ1) is 17.1. The first-order valence-corrected chi connectivity index (χ1v) is 8.01. The van der Waals surface area contributed by atoms with Crippen LogP contribution < -0.4 is 15.0 Å². The minimum atomic E-state index is -0.0992. The zero-order valence-electron chi connectivity index (χ0n) is 13.2. The van der Waals surface area contributed by atoms with Crippen molar-refractivity contribution in [2.24, 2.45) is 0 Å². The van der Waals surface area contributed by atoms with Crippen molar-refractivity contribution in [3.63, 3.8) is 0 Å². The zero-order valence-corrected chi connectivity index (χ0v) is 14.0. The van der Waals surface area contributed by atoms with Crippen molar-refractivity contribution in [3.05, 3.63) is 28.3 Å². The molecule has 0 spiro atoms. The van der Waals surface area contributed by atoms with Crippen molar-refractivity contribution >= 4 is 17.5 Å². The van der Waals surface area contributed by atoms with Crippen molar-refractivity contribution in [1.29, 1.82) is 0 Å². The fourth-order valence-electron chi connectivity index (χ4n) is 2.48. The molecule has 1 saturated heterocycles. The van der Waals surface area contributed by atoms with Crippen LogP contribution in [0.5, 0.6) is 5.75 Å². The molecule has 2 rings (SSSR count). The minimum absolute atomic E-state index is 0.0267. The van der Waals surface area contributed by atoms with Crippen molar-refractivity contribution in [2.75, 3.05) is 46.0 Å². The van der Waals surface area contributed by atoms with E-state index in [-0.39, 0.29) is 12.5 Å². The summed E-state index contributed by atoms with van der Waals surface area (Å²) in [5.74, 6) is 0.575. The van der Waals surface area contributed by atoms with E-state index in [1.54, 1.807) is 0 Å². The molecule has 1 amide bonds. The topological polar surface area (TPSA) is 52.0 Å². The second-order valence-corrected chi connectivity index (χ2v) is 6.00. The lowest BCUT2D eigenvalue weighted by atomic mass is 10.1. The summed E-state index contributed by atoms with van der Waals surface area (Å²) < 4.78 is 10.8. The standard InChI is InChI=1S/C16H23ClN2O3/c1-12-9-14(10-13(2)16(12)17)22-11-15(20)18-3-4-19-5-7-21-8-6-19/h9-10H,3-8,11H2,1-2H3,(H,18,20)/p+1. The van der Waals surface area contributed by atoms with E-state index in [2.05, 4.69) is 5.32 Å². The van der Waals surface area contributed by atoms with Gasteiger partial charge < -0.3 is 19.7 Å². The van der Waals surface area contributed by atoms with Crippen LogP contribution in [0.2, 0.25) is 5.02 Å². The fourth-order valence-corrected chi connectivity index (χ4v) is 2.59. The number of aryl methyl sites for hydroxylation is 2. The number of carbonyl (C=O) groups excluding carboxylic acids is 1. The Morgan fingerprint density at radius 2 is 1.95 bits per heavy atom. The fraction of sp³-hybridized carbons (Fsp3) is 0.562. The largest absolute Gasteiger partial charge is 0.484 e. The van der Waals surface area contributed by atoms with Crippen LogP contribution in [0.15, 0.2) is 12.1 Å². The highest BCUT2D eigenvalue weighted by molar-refractivity contribution is 6.32. The molecular formula is C16H24ClN2O3+. The Labute approximate surface area is 136 Å². The molecule has 0 bridgehead atoms. The summed E-state index contributed by atoms with van der Waals surface area (Å²) in [5.41, 5.74) is 1.90. The number of benzene rings is 1. The highest BCUT2D eigenvalue weighted by Crippen LogP contribution is 2.25. The minimum Gasteiger partial charge on any atom is -0.484 e.